The number of anilines is 1. The van der Waals surface area contributed by atoms with Gasteiger partial charge >= 0.3 is 0 Å². The van der Waals surface area contributed by atoms with Crippen molar-refractivity contribution in [1.82, 2.24) is 19.6 Å². The number of amides is 1. The van der Waals surface area contributed by atoms with Crippen molar-refractivity contribution in [3.63, 3.8) is 0 Å². The average Bonchev–Trinajstić information content (AvgIpc) is 3.37. The molecule has 1 amide bonds. The molecular weight excluding hydrogens is 446 g/mol. The summed E-state index contributed by atoms with van der Waals surface area (Å²) < 4.78 is 12.5. The number of thioether (sulfide) groups is 1. The molecule has 166 valence electrons. The number of rotatable bonds is 6. The molecule has 0 saturated carbocycles. The Morgan fingerprint density at radius 2 is 2.19 bits per heavy atom. The predicted molar refractivity (Wildman–Crippen MR) is 126 cm³/mol. The van der Waals surface area contributed by atoms with Gasteiger partial charge in [-0.15, -0.1) is 21.5 Å². The molecule has 1 aliphatic carbocycles. The molecule has 8 nitrogen and oxygen atoms in total. The molecule has 0 bridgehead atoms. The van der Waals surface area contributed by atoms with Gasteiger partial charge in [0.05, 0.1) is 31.0 Å². The Bertz CT molecular complexity index is 1320. The zero-order valence-electron chi connectivity index (χ0n) is 18.0. The Kier molecular flexibility index (Phi) is 5.64. The lowest BCUT2D eigenvalue weighted by atomic mass is 9.89. The number of carbonyl (C=O) groups excluding carboxylic acids is 1. The summed E-state index contributed by atoms with van der Waals surface area (Å²) in [6.07, 6.45) is 5.10. The van der Waals surface area contributed by atoms with E-state index in [4.69, 9.17) is 9.47 Å². The van der Waals surface area contributed by atoms with Crippen LogP contribution in [0.15, 0.2) is 29.7 Å². The van der Waals surface area contributed by atoms with Gasteiger partial charge in [-0.2, -0.15) is 0 Å². The number of hydrogen-bond donors (Lipinski definition) is 1. The summed E-state index contributed by atoms with van der Waals surface area (Å²) in [5.74, 6) is 1.92. The number of aryl methyl sites for hydroxylation is 1. The monoisotopic (exact) mass is 469 g/mol. The number of nitrogens with one attached hydrogen (secondary N) is 1. The summed E-state index contributed by atoms with van der Waals surface area (Å²) in [5.41, 5.74) is 2.75. The average molecular weight is 470 g/mol. The van der Waals surface area contributed by atoms with Gasteiger partial charge in [0.25, 0.3) is 0 Å². The maximum Gasteiger partial charge on any atom is 0.234 e. The zero-order valence-corrected chi connectivity index (χ0v) is 19.7. The first kappa shape index (κ1) is 21.0. The molecule has 0 unspecified atom stereocenters. The van der Waals surface area contributed by atoms with Crippen molar-refractivity contribution in [2.45, 2.75) is 31.3 Å². The molecule has 0 saturated heterocycles. The molecule has 0 radical (unpaired) electrons. The Hall–Kier alpha value is -2.85. The number of methoxy groups -OCH3 is 2. The van der Waals surface area contributed by atoms with Crippen LogP contribution in [0, 0.1) is 5.92 Å². The Morgan fingerprint density at radius 3 is 3.00 bits per heavy atom. The number of aromatic nitrogens is 4. The first-order chi connectivity index (χ1) is 15.6. The molecule has 10 heteroatoms. The molecule has 3 aromatic heterocycles. The van der Waals surface area contributed by atoms with Crippen LogP contribution in [0.2, 0.25) is 0 Å². The van der Waals surface area contributed by atoms with E-state index in [0.29, 0.717) is 28.3 Å². The van der Waals surface area contributed by atoms with Gasteiger partial charge in [0.15, 0.2) is 10.8 Å². The molecule has 4 aromatic rings. The van der Waals surface area contributed by atoms with E-state index in [9.17, 15) is 4.79 Å². The normalized spacial score (nSPS) is 15.7. The number of fused-ring (bicyclic) bond motifs is 5. The minimum atomic E-state index is -0.172. The van der Waals surface area contributed by atoms with Crippen molar-refractivity contribution in [2.75, 3.05) is 25.3 Å². The molecule has 5 rings (SSSR count). The Balaban J connectivity index is 1.36. The van der Waals surface area contributed by atoms with Crippen LogP contribution in [0.5, 0.6) is 11.5 Å². The molecule has 32 heavy (non-hydrogen) atoms. The summed E-state index contributed by atoms with van der Waals surface area (Å²) in [6, 6.07) is 5.27. The molecule has 1 N–H and O–H groups in total. The van der Waals surface area contributed by atoms with Gasteiger partial charge in [0.2, 0.25) is 5.91 Å². The minimum Gasteiger partial charge on any atom is -0.497 e. The van der Waals surface area contributed by atoms with Gasteiger partial charge in [0, 0.05) is 10.9 Å². The van der Waals surface area contributed by atoms with E-state index in [-0.39, 0.29) is 11.7 Å². The van der Waals surface area contributed by atoms with Crippen LogP contribution < -0.4 is 14.8 Å². The van der Waals surface area contributed by atoms with Crippen LogP contribution in [0.4, 0.5) is 5.69 Å². The smallest absolute Gasteiger partial charge is 0.234 e. The fraction of sp³-hybridized carbons (Fsp3) is 0.364. The number of ether oxygens (including phenoxy) is 2. The van der Waals surface area contributed by atoms with E-state index in [1.54, 1.807) is 50.1 Å². The van der Waals surface area contributed by atoms with E-state index in [0.717, 1.165) is 28.7 Å². The second-order valence-electron chi connectivity index (χ2n) is 7.86. The van der Waals surface area contributed by atoms with Crippen molar-refractivity contribution in [3.05, 3.63) is 35.0 Å². The second-order valence-corrected chi connectivity index (χ2v) is 9.88. The standard InChI is InChI=1S/C22H23N5O3S2/c1-12-4-6-14-17(8-12)32-21-19(14)20-25-26-22(27(20)11-23-21)31-10-18(28)24-15-9-13(29-2)5-7-16(15)30-3/h5,7,9,11-12H,4,6,8,10H2,1-3H3,(H,24,28)/t12-/m1/s1. The van der Waals surface area contributed by atoms with Crippen molar-refractivity contribution in [2.24, 2.45) is 5.92 Å². The van der Waals surface area contributed by atoms with Crippen molar-refractivity contribution in [1.29, 1.82) is 0 Å². The van der Waals surface area contributed by atoms with Gasteiger partial charge in [-0.05, 0) is 42.9 Å². The zero-order chi connectivity index (χ0) is 22.2. The highest BCUT2D eigenvalue weighted by atomic mass is 32.2. The first-order valence-corrected chi connectivity index (χ1v) is 12.2. The third-order valence-corrected chi connectivity index (χ3v) is 7.79. The summed E-state index contributed by atoms with van der Waals surface area (Å²) in [6.45, 7) is 2.30. The summed E-state index contributed by atoms with van der Waals surface area (Å²) in [7, 11) is 3.14. The fourth-order valence-electron chi connectivity index (χ4n) is 4.05. The first-order valence-electron chi connectivity index (χ1n) is 10.4. The van der Waals surface area contributed by atoms with Crippen molar-refractivity contribution < 1.29 is 14.3 Å². The lowest BCUT2D eigenvalue weighted by Gasteiger charge is -2.17. The minimum absolute atomic E-state index is 0.172. The Morgan fingerprint density at radius 1 is 1.31 bits per heavy atom. The van der Waals surface area contributed by atoms with E-state index >= 15 is 0 Å². The van der Waals surface area contributed by atoms with Crippen LogP contribution in [-0.4, -0.2) is 45.5 Å². The largest absolute Gasteiger partial charge is 0.497 e. The molecule has 0 fully saturated rings. The van der Waals surface area contributed by atoms with Gasteiger partial charge < -0.3 is 14.8 Å². The fourth-order valence-corrected chi connectivity index (χ4v) is 6.09. The lowest BCUT2D eigenvalue weighted by molar-refractivity contribution is -0.113. The molecule has 0 spiro atoms. The third-order valence-electron chi connectivity index (χ3n) is 5.68. The Labute approximate surface area is 193 Å². The predicted octanol–water partition coefficient (Wildman–Crippen LogP) is 4.21. The maximum atomic E-state index is 12.6. The molecule has 1 aliphatic rings. The van der Waals surface area contributed by atoms with Crippen molar-refractivity contribution in [3.8, 4) is 11.5 Å². The second kappa shape index (κ2) is 8.59. The van der Waals surface area contributed by atoms with Gasteiger partial charge in [-0.3, -0.25) is 9.20 Å². The molecule has 1 aromatic carbocycles. The number of thiophene rings is 1. The van der Waals surface area contributed by atoms with Crippen LogP contribution in [0.1, 0.15) is 23.8 Å². The number of nitrogens with zero attached hydrogens (tertiary/aromatic N) is 4. The topological polar surface area (TPSA) is 90.6 Å². The third kappa shape index (κ3) is 3.77. The van der Waals surface area contributed by atoms with Gasteiger partial charge in [-0.1, -0.05) is 18.7 Å². The highest BCUT2D eigenvalue weighted by Crippen LogP contribution is 2.39. The van der Waals surface area contributed by atoms with E-state index in [2.05, 4.69) is 27.4 Å². The summed E-state index contributed by atoms with van der Waals surface area (Å²) in [5, 5.41) is 13.4. The van der Waals surface area contributed by atoms with Crippen LogP contribution in [-0.2, 0) is 17.6 Å². The molecule has 1 atom stereocenters. The lowest BCUT2D eigenvalue weighted by Crippen LogP contribution is -2.15. The highest BCUT2D eigenvalue weighted by Gasteiger charge is 2.24. The number of benzene rings is 1. The van der Waals surface area contributed by atoms with E-state index in [1.165, 1.54) is 28.6 Å². The van der Waals surface area contributed by atoms with Crippen LogP contribution in [0.3, 0.4) is 0 Å². The van der Waals surface area contributed by atoms with Crippen LogP contribution in [0.25, 0.3) is 15.9 Å². The molecular formula is C22H23N5O3S2. The van der Waals surface area contributed by atoms with Crippen LogP contribution >= 0.6 is 23.1 Å². The van der Waals surface area contributed by atoms with Gasteiger partial charge in [-0.25, -0.2) is 4.98 Å². The SMILES string of the molecule is COc1ccc(OC)c(NC(=O)CSc2nnc3c4c5c(sc4ncn23)C[C@H](C)CC5)c1. The molecule has 3 heterocycles. The number of carbonyl (C=O) groups is 1. The number of hydrogen-bond acceptors (Lipinski definition) is 8. The van der Waals surface area contributed by atoms with Gasteiger partial charge in [0.1, 0.15) is 22.7 Å². The van der Waals surface area contributed by atoms with E-state index < -0.39 is 0 Å². The highest BCUT2D eigenvalue weighted by molar-refractivity contribution is 7.99. The maximum absolute atomic E-state index is 12.6. The molecule has 0 aliphatic heterocycles. The van der Waals surface area contributed by atoms with Crippen molar-refractivity contribution >= 4 is 50.6 Å². The summed E-state index contributed by atoms with van der Waals surface area (Å²) >= 11 is 3.09. The quantitative estimate of drug-likeness (QED) is 0.423. The van der Waals surface area contributed by atoms with E-state index in [1.807, 2.05) is 4.40 Å². The summed E-state index contributed by atoms with van der Waals surface area (Å²) in [4.78, 5) is 19.7.